The number of sulfonamides is 1. The summed E-state index contributed by atoms with van der Waals surface area (Å²) in [6.45, 7) is 4.11. The smallest absolute Gasteiger partial charge is 0.270 e. The standard InChI is InChI=1S/C15H23N3O4S/c1-2-13-5-6-14(18(19)20)10-15(13)23(21,22)17-9-7-12-4-3-8-16-11-12/h5-6,10,12,16-17H,2-4,7-9,11H2,1H3. The molecule has 1 heterocycles. The molecule has 0 bridgehead atoms. The number of benzene rings is 1. The molecule has 0 spiro atoms. The maximum Gasteiger partial charge on any atom is 0.270 e. The van der Waals surface area contributed by atoms with Crippen LogP contribution in [0.25, 0.3) is 0 Å². The molecule has 1 fully saturated rings. The average Bonchev–Trinajstić information content (AvgIpc) is 2.55. The molecule has 0 aromatic heterocycles. The van der Waals surface area contributed by atoms with Crippen molar-refractivity contribution >= 4 is 15.7 Å². The summed E-state index contributed by atoms with van der Waals surface area (Å²) >= 11 is 0. The van der Waals surface area contributed by atoms with Crippen molar-refractivity contribution in [2.45, 2.75) is 37.5 Å². The van der Waals surface area contributed by atoms with Crippen LogP contribution in [0.5, 0.6) is 0 Å². The van der Waals surface area contributed by atoms with Crippen molar-refractivity contribution in [1.82, 2.24) is 10.0 Å². The lowest BCUT2D eigenvalue weighted by atomic mass is 9.96. The first-order valence-electron chi connectivity index (χ1n) is 7.91. The highest BCUT2D eigenvalue weighted by Gasteiger charge is 2.22. The van der Waals surface area contributed by atoms with Crippen LogP contribution in [0.1, 0.15) is 31.7 Å². The number of non-ortho nitro benzene ring substituents is 1. The number of aryl methyl sites for hydroxylation is 1. The number of hydrogen-bond donors (Lipinski definition) is 2. The first-order chi connectivity index (χ1) is 10.9. The Hall–Kier alpha value is -1.51. The van der Waals surface area contributed by atoms with Gasteiger partial charge in [0.05, 0.1) is 9.82 Å². The Kier molecular flexibility index (Phi) is 6.09. The minimum Gasteiger partial charge on any atom is -0.316 e. The van der Waals surface area contributed by atoms with Gasteiger partial charge in [0.25, 0.3) is 5.69 Å². The third kappa shape index (κ3) is 4.73. The molecular weight excluding hydrogens is 318 g/mol. The first kappa shape index (κ1) is 17.8. The van der Waals surface area contributed by atoms with Gasteiger partial charge in [-0.15, -0.1) is 0 Å². The summed E-state index contributed by atoms with van der Waals surface area (Å²) < 4.78 is 27.5. The molecule has 0 radical (unpaired) electrons. The molecule has 1 aromatic carbocycles. The zero-order valence-electron chi connectivity index (χ0n) is 13.2. The van der Waals surface area contributed by atoms with Crippen LogP contribution < -0.4 is 10.0 Å². The fraction of sp³-hybridized carbons (Fsp3) is 0.600. The highest BCUT2D eigenvalue weighted by molar-refractivity contribution is 7.89. The zero-order valence-corrected chi connectivity index (χ0v) is 14.1. The molecule has 1 aliphatic rings. The van der Waals surface area contributed by atoms with Crippen molar-refractivity contribution < 1.29 is 13.3 Å². The molecule has 0 amide bonds. The van der Waals surface area contributed by atoms with Gasteiger partial charge in [0, 0.05) is 18.7 Å². The van der Waals surface area contributed by atoms with Crippen molar-refractivity contribution in [2.75, 3.05) is 19.6 Å². The lowest BCUT2D eigenvalue weighted by molar-refractivity contribution is -0.385. The maximum atomic E-state index is 12.5. The average molecular weight is 341 g/mol. The second-order valence-electron chi connectivity index (χ2n) is 5.80. The molecule has 7 nitrogen and oxygen atoms in total. The largest absolute Gasteiger partial charge is 0.316 e. The lowest BCUT2D eigenvalue weighted by Gasteiger charge is -2.22. The second-order valence-corrected chi connectivity index (χ2v) is 7.54. The third-order valence-corrected chi connectivity index (χ3v) is 5.72. The Morgan fingerprint density at radius 2 is 2.22 bits per heavy atom. The van der Waals surface area contributed by atoms with E-state index in [2.05, 4.69) is 10.0 Å². The van der Waals surface area contributed by atoms with E-state index in [4.69, 9.17) is 0 Å². The van der Waals surface area contributed by atoms with E-state index in [0.29, 0.717) is 24.4 Å². The number of piperidine rings is 1. The number of nitrogens with one attached hydrogen (secondary N) is 2. The fourth-order valence-corrected chi connectivity index (χ4v) is 4.22. The quantitative estimate of drug-likeness (QED) is 0.582. The minimum atomic E-state index is -3.73. The molecule has 0 saturated carbocycles. The normalized spacial score (nSPS) is 18.7. The zero-order chi connectivity index (χ0) is 16.9. The molecule has 8 heteroatoms. The van der Waals surface area contributed by atoms with Crippen molar-refractivity contribution in [2.24, 2.45) is 5.92 Å². The van der Waals surface area contributed by atoms with Gasteiger partial charge in [-0.3, -0.25) is 10.1 Å². The predicted octanol–water partition coefficient (Wildman–Crippen LogP) is 1.83. The number of nitro groups is 1. The maximum absolute atomic E-state index is 12.5. The first-order valence-corrected chi connectivity index (χ1v) is 9.40. The van der Waals surface area contributed by atoms with Gasteiger partial charge in [-0.05, 0) is 50.3 Å². The van der Waals surface area contributed by atoms with Crippen LogP contribution >= 0.6 is 0 Å². The van der Waals surface area contributed by atoms with E-state index in [9.17, 15) is 18.5 Å². The second kappa shape index (κ2) is 7.85. The van der Waals surface area contributed by atoms with E-state index >= 15 is 0 Å². The van der Waals surface area contributed by atoms with Crippen LogP contribution in [0.4, 0.5) is 5.69 Å². The molecular formula is C15H23N3O4S. The Balaban J connectivity index is 2.08. The van der Waals surface area contributed by atoms with E-state index in [-0.39, 0.29) is 10.6 Å². The van der Waals surface area contributed by atoms with Crippen molar-refractivity contribution in [3.63, 3.8) is 0 Å². The van der Waals surface area contributed by atoms with Crippen LogP contribution in [0.2, 0.25) is 0 Å². The van der Waals surface area contributed by atoms with Gasteiger partial charge in [-0.1, -0.05) is 13.0 Å². The Bertz CT molecular complexity index is 655. The van der Waals surface area contributed by atoms with Crippen molar-refractivity contribution in [1.29, 1.82) is 0 Å². The molecule has 1 atom stereocenters. The summed E-state index contributed by atoms with van der Waals surface area (Å²) in [5.74, 6) is 0.474. The number of hydrogen-bond acceptors (Lipinski definition) is 5. The highest BCUT2D eigenvalue weighted by atomic mass is 32.2. The molecule has 1 saturated heterocycles. The van der Waals surface area contributed by atoms with Gasteiger partial charge in [-0.2, -0.15) is 0 Å². The van der Waals surface area contributed by atoms with E-state index in [1.807, 2.05) is 6.92 Å². The van der Waals surface area contributed by atoms with Crippen LogP contribution in [0, 0.1) is 16.0 Å². The van der Waals surface area contributed by atoms with E-state index in [0.717, 1.165) is 38.4 Å². The Morgan fingerprint density at radius 1 is 1.43 bits per heavy atom. The fourth-order valence-electron chi connectivity index (χ4n) is 2.84. The molecule has 1 unspecified atom stereocenters. The summed E-state index contributed by atoms with van der Waals surface area (Å²) in [4.78, 5) is 10.3. The van der Waals surface area contributed by atoms with E-state index < -0.39 is 14.9 Å². The van der Waals surface area contributed by atoms with Crippen LogP contribution in [0.3, 0.4) is 0 Å². The molecule has 23 heavy (non-hydrogen) atoms. The topological polar surface area (TPSA) is 101 Å². The molecule has 2 rings (SSSR count). The van der Waals surface area contributed by atoms with E-state index in [1.54, 1.807) is 0 Å². The summed E-state index contributed by atoms with van der Waals surface area (Å²) in [6, 6.07) is 3.99. The Morgan fingerprint density at radius 3 is 2.83 bits per heavy atom. The SMILES string of the molecule is CCc1ccc([N+](=O)[O-])cc1S(=O)(=O)NCCC1CCCNC1. The Labute approximate surface area is 136 Å². The van der Waals surface area contributed by atoms with Gasteiger partial charge in [0.2, 0.25) is 10.0 Å². The van der Waals surface area contributed by atoms with Crippen LogP contribution in [0.15, 0.2) is 23.1 Å². The molecule has 128 valence electrons. The number of nitrogens with zero attached hydrogens (tertiary/aromatic N) is 1. The van der Waals surface area contributed by atoms with Crippen LogP contribution in [-0.4, -0.2) is 33.0 Å². The lowest BCUT2D eigenvalue weighted by Crippen LogP contribution is -2.33. The van der Waals surface area contributed by atoms with Crippen LogP contribution in [-0.2, 0) is 16.4 Å². The monoisotopic (exact) mass is 341 g/mol. The minimum absolute atomic E-state index is 0.0102. The van der Waals surface area contributed by atoms with Gasteiger partial charge >= 0.3 is 0 Å². The highest BCUT2D eigenvalue weighted by Crippen LogP contribution is 2.23. The predicted molar refractivity (Wildman–Crippen MR) is 87.9 cm³/mol. The van der Waals surface area contributed by atoms with Gasteiger partial charge < -0.3 is 5.32 Å². The summed E-state index contributed by atoms with van der Waals surface area (Å²) in [7, 11) is -3.73. The van der Waals surface area contributed by atoms with E-state index in [1.165, 1.54) is 12.1 Å². The summed E-state index contributed by atoms with van der Waals surface area (Å²) in [6.07, 6.45) is 3.48. The van der Waals surface area contributed by atoms with Gasteiger partial charge in [-0.25, -0.2) is 13.1 Å². The third-order valence-electron chi connectivity index (χ3n) is 4.18. The summed E-state index contributed by atoms with van der Waals surface area (Å²) in [5.41, 5.74) is 0.376. The van der Waals surface area contributed by atoms with Gasteiger partial charge in [0.1, 0.15) is 0 Å². The van der Waals surface area contributed by atoms with Crippen molar-refractivity contribution in [3.8, 4) is 0 Å². The number of nitro benzene ring substituents is 1. The molecule has 2 N–H and O–H groups in total. The van der Waals surface area contributed by atoms with Gasteiger partial charge in [0.15, 0.2) is 0 Å². The molecule has 1 aromatic rings. The summed E-state index contributed by atoms with van der Waals surface area (Å²) in [5, 5.41) is 14.2. The molecule has 1 aliphatic heterocycles. The van der Waals surface area contributed by atoms with Crippen molar-refractivity contribution in [3.05, 3.63) is 33.9 Å². The molecule has 0 aliphatic carbocycles. The number of rotatable bonds is 7.